The number of nitrogens with one attached hydrogen (secondary N) is 2. The van der Waals surface area contributed by atoms with Gasteiger partial charge in [0.1, 0.15) is 11.4 Å². The van der Waals surface area contributed by atoms with Crippen LogP contribution in [-0.4, -0.2) is 47.2 Å². The summed E-state index contributed by atoms with van der Waals surface area (Å²) >= 11 is 1.13. The van der Waals surface area contributed by atoms with Crippen molar-refractivity contribution in [1.29, 1.82) is 0 Å². The lowest BCUT2D eigenvalue weighted by Gasteiger charge is -2.25. The summed E-state index contributed by atoms with van der Waals surface area (Å²) in [7, 11) is -3.57. The van der Waals surface area contributed by atoms with E-state index in [4.69, 9.17) is 0 Å². The smallest absolute Gasteiger partial charge is 0.266 e. The molecule has 0 unspecified atom stereocenters. The third kappa shape index (κ3) is 5.95. The molecule has 1 aliphatic rings. The number of hydrogen-bond donors (Lipinski definition) is 2. The van der Waals surface area contributed by atoms with Crippen LogP contribution in [0.3, 0.4) is 0 Å². The van der Waals surface area contributed by atoms with Gasteiger partial charge in [0.25, 0.3) is 11.5 Å². The molecule has 4 aromatic rings. The van der Waals surface area contributed by atoms with Crippen molar-refractivity contribution in [1.82, 2.24) is 13.9 Å². The molecule has 1 aliphatic heterocycles. The summed E-state index contributed by atoms with van der Waals surface area (Å²) in [5.74, 6) is -0.799. The number of carbonyl (C=O) groups is 2. The fourth-order valence-corrected chi connectivity index (χ4v) is 7.49. The molecule has 2 amide bonds. The second kappa shape index (κ2) is 11.6. The molecule has 0 spiro atoms. The molecule has 41 heavy (non-hydrogen) atoms. The van der Waals surface area contributed by atoms with Crippen molar-refractivity contribution in [2.24, 2.45) is 0 Å². The number of anilines is 2. The van der Waals surface area contributed by atoms with E-state index in [-0.39, 0.29) is 17.3 Å². The van der Waals surface area contributed by atoms with Crippen molar-refractivity contribution in [2.45, 2.75) is 51.5 Å². The molecule has 10 nitrogen and oxygen atoms in total. The van der Waals surface area contributed by atoms with Crippen molar-refractivity contribution in [3.63, 3.8) is 0 Å². The van der Waals surface area contributed by atoms with Gasteiger partial charge in [0.15, 0.2) is 0 Å². The third-order valence-corrected chi connectivity index (χ3v) is 10.3. The summed E-state index contributed by atoms with van der Waals surface area (Å²) in [6.07, 6.45) is 4.01. The van der Waals surface area contributed by atoms with Crippen LogP contribution in [0.2, 0.25) is 0 Å². The molecule has 1 saturated heterocycles. The lowest BCUT2D eigenvalue weighted by atomic mass is 10.1. The number of aryl methyl sites for hydroxylation is 3. The minimum absolute atomic E-state index is 0.175. The Bertz CT molecular complexity index is 1800. The number of sulfonamides is 1. The fourth-order valence-electron chi connectivity index (χ4n) is 4.94. The van der Waals surface area contributed by atoms with Gasteiger partial charge in [-0.25, -0.2) is 13.4 Å². The summed E-state index contributed by atoms with van der Waals surface area (Å²) in [5.41, 5.74) is 3.20. The summed E-state index contributed by atoms with van der Waals surface area (Å²) in [6, 6.07) is 11.7. The van der Waals surface area contributed by atoms with Crippen LogP contribution in [0.1, 0.15) is 45.6 Å². The maximum absolute atomic E-state index is 13.3. The lowest BCUT2D eigenvalue weighted by molar-refractivity contribution is -0.116. The zero-order valence-corrected chi connectivity index (χ0v) is 24.7. The van der Waals surface area contributed by atoms with Crippen molar-refractivity contribution in [3.8, 4) is 0 Å². The number of rotatable bonds is 7. The van der Waals surface area contributed by atoms with Crippen molar-refractivity contribution in [3.05, 3.63) is 80.7 Å². The normalized spacial score (nSPS) is 14.2. The first kappa shape index (κ1) is 28.7. The van der Waals surface area contributed by atoms with Gasteiger partial charge in [-0.15, -0.1) is 11.3 Å². The highest BCUT2D eigenvalue weighted by Crippen LogP contribution is 2.28. The maximum atomic E-state index is 13.3. The van der Waals surface area contributed by atoms with E-state index >= 15 is 0 Å². The van der Waals surface area contributed by atoms with Gasteiger partial charge in [0, 0.05) is 24.5 Å². The van der Waals surface area contributed by atoms with E-state index in [1.807, 2.05) is 32.0 Å². The first-order chi connectivity index (χ1) is 19.5. The quantitative estimate of drug-likeness (QED) is 0.326. The molecule has 0 aliphatic carbocycles. The van der Waals surface area contributed by atoms with Crippen LogP contribution in [0.5, 0.6) is 0 Å². The van der Waals surface area contributed by atoms with Crippen LogP contribution in [0.15, 0.2) is 58.5 Å². The standard InChI is InChI=1S/C29H31N5O5S2/c1-18-7-12-23(19(2)15-18)32-27(36)26-20(3)25-28(40-26)30-17-33(29(25)37)16-24(35)31-21-8-10-22(11-9-21)41(38,39)34-13-5-4-6-14-34/h7-12,15,17H,4-6,13-14,16H2,1-3H3,(H,31,35)(H,32,36). The minimum Gasteiger partial charge on any atom is -0.325 e. The number of thiophene rings is 1. The summed E-state index contributed by atoms with van der Waals surface area (Å²) in [5, 5.41) is 5.91. The van der Waals surface area contributed by atoms with E-state index in [0.717, 1.165) is 41.7 Å². The number of amides is 2. The predicted octanol–water partition coefficient (Wildman–Crippen LogP) is 4.45. The Morgan fingerprint density at radius 2 is 1.68 bits per heavy atom. The molecule has 0 radical (unpaired) electrons. The SMILES string of the molecule is Cc1ccc(NC(=O)c2sc3ncn(CC(=O)Nc4ccc(S(=O)(=O)N5CCCCC5)cc4)c(=O)c3c2C)c(C)c1. The van der Waals surface area contributed by atoms with Gasteiger partial charge < -0.3 is 10.6 Å². The highest BCUT2D eigenvalue weighted by molar-refractivity contribution is 7.89. The molecular weight excluding hydrogens is 562 g/mol. The monoisotopic (exact) mass is 593 g/mol. The second-order valence-electron chi connectivity index (χ2n) is 10.2. The maximum Gasteiger partial charge on any atom is 0.266 e. The van der Waals surface area contributed by atoms with Gasteiger partial charge in [-0.2, -0.15) is 4.31 Å². The molecule has 0 atom stereocenters. The average Bonchev–Trinajstić information content (AvgIpc) is 3.29. The molecule has 5 rings (SSSR count). The van der Waals surface area contributed by atoms with E-state index in [1.54, 1.807) is 6.92 Å². The Morgan fingerprint density at radius 3 is 2.37 bits per heavy atom. The van der Waals surface area contributed by atoms with Crippen LogP contribution in [0.25, 0.3) is 10.2 Å². The van der Waals surface area contributed by atoms with Crippen LogP contribution in [-0.2, 0) is 21.4 Å². The van der Waals surface area contributed by atoms with Crippen molar-refractivity contribution in [2.75, 3.05) is 23.7 Å². The Kier molecular flexibility index (Phi) is 8.07. The molecule has 1 fully saturated rings. The number of piperidine rings is 1. The van der Waals surface area contributed by atoms with Crippen LogP contribution >= 0.6 is 11.3 Å². The predicted molar refractivity (Wildman–Crippen MR) is 160 cm³/mol. The Balaban J connectivity index is 1.29. The zero-order valence-electron chi connectivity index (χ0n) is 23.1. The minimum atomic E-state index is -3.57. The van der Waals surface area contributed by atoms with E-state index in [0.29, 0.717) is 45.1 Å². The van der Waals surface area contributed by atoms with Gasteiger partial charge in [-0.1, -0.05) is 24.1 Å². The summed E-state index contributed by atoms with van der Waals surface area (Å²) in [6.45, 7) is 6.31. The molecule has 0 saturated carbocycles. The molecule has 0 bridgehead atoms. The summed E-state index contributed by atoms with van der Waals surface area (Å²) in [4.78, 5) is 44.4. The van der Waals surface area contributed by atoms with Gasteiger partial charge >= 0.3 is 0 Å². The Labute approximate surface area is 242 Å². The first-order valence-electron chi connectivity index (χ1n) is 13.3. The number of carbonyl (C=O) groups excluding carboxylic acids is 2. The van der Waals surface area contributed by atoms with E-state index in [9.17, 15) is 22.8 Å². The summed E-state index contributed by atoms with van der Waals surface area (Å²) < 4.78 is 28.4. The lowest BCUT2D eigenvalue weighted by Crippen LogP contribution is -2.35. The Morgan fingerprint density at radius 1 is 0.976 bits per heavy atom. The molecule has 214 valence electrons. The number of benzene rings is 2. The van der Waals surface area contributed by atoms with Gasteiger partial charge in [0.05, 0.1) is 21.5 Å². The average molecular weight is 594 g/mol. The highest BCUT2D eigenvalue weighted by Gasteiger charge is 2.26. The van der Waals surface area contributed by atoms with Gasteiger partial charge in [-0.05, 0) is 75.1 Å². The molecule has 2 aromatic heterocycles. The number of nitrogens with zero attached hydrogens (tertiary/aromatic N) is 3. The van der Waals surface area contributed by atoms with Crippen LogP contribution < -0.4 is 16.2 Å². The molecular formula is C29H31N5O5S2. The molecule has 2 N–H and O–H groups in total. The zero-order chi connectivity index (χ0) is 29.3. The van der Waals surface area contributed by atoms with Crippen molar-refractivity contribution >= 4 is 54.8 Å². The van der Waals surface area contributed by atoms with Gasteiger partial charge in [-0.3, -0.25) is 19.0 Å². The number of fused-ring (bicyclic) bond motifs is 1. The largest absolute Gasteiger partial charge is 0.325 e. The highest BCUT2D eigenvalue weighted by atomic mass is 32.2. The molecule has 3 heterocycles. The third-order valence-electron chi connectivity index (χ3n) is 7.16. The second-order valence-corrected chi connectivity index (χ2v) is 13.2. The van der Waals surface area contributed by atoms with Crippen molar-refractivity contribution < 1.29 is 18.0 Å². The van der Waals surface area contributed by atoms with Gasteiger partial charge in [0.2, 0.25) is 15.9 Å². The van der Waals surface area contributed by atoms with Crippen LogP contribution in [0, 0.1) is 20.8 Å². The van der Waals surface area contributed by atoms with E-state index in [2.05, 4.69) is 15.6 Å². The molecule has 2 aromatic carbocycles. The molecule has 12 heteroatoms. The number of aromatic nitrogens is 2. The van der Waals surface area contributed by atoms with E-state index in [1.165, 1.54) is 39.5 Å². The fraction of sp³-hybridized carbons (Fsp3) is 0.310. The Hall–Kier alpha value is -3.87. The van der Waals surface area contributed by atoms with E-state index < -0.39 is 21.5 Å². The topological polar surface area (TPSA) is 130 Å². The number of hydrogen-bond acceptors (Lipinski definition) is 7. The first-order valence-corrected chi connectivity index (χ1v) is 15.6. The van der Waals surface area contributed by atoms with Crippen LogP contribution in [0.4, 0.5) is 11.4 Å².